The number of nitrogens with zero attached hydrogens (tertiary/aromatic N) is 3. The summed E-state index contributed by atoms with van der Waals surface area (Å²) in [5.74, 6) is 0.296. The molecule has 2 aromatic carbocycles. The van der Waals surface area contributed by atoms with E-state index in [0.29, 0.717) is 24.6 Å². The van der Waals surface area contributed by atoms with Gasteiger partial charge in [0.1, 0.15) is 0 Å². The van der Waals surface area contributed by atoms with Crippen LogP contribution in [0.2, 0.25) is 0 Å². The van der Waals surface area contributed by atoms with E-state index in [-0.39, 0.29) is 11.9 Å². The Hall–Kier alpha value is -3.34. The van der Waals surface area contributed by atoms with E-state index < -0.39 is 0 Å². The number of hydrogen-bond donors (Lipinski definition) is 0. The minimum Gasteiger partial charge on any atom is -0.433 e. The summed E-state index contributed by atoms with van der Waals surface area (Å²) in [6, 6.07) is 18.8. The number of piperazine rings is 1. The number of fused-ring (bicyclic) bond motifs is 2. The van der Waals surface area contributed by atoms with Crippen LogP contribution in [0.25, 0.3) is 22.0 Å². The highest BCUT2D eigenvalue weighted by atomic mass is 16.4. The Kier molecular flexibility index (Phi) is 4.46. The van der Waals surface area contributed by atoms with Crippen LogP contribution in [0.4, 0.5) is 5.69 Å². The summed E-state index contributed by atoms with van der Waals surface area (Å²) in [4.78, 5) is 22.0. The van der Waals surface area contributed by atoms with Crippen LogP contribution in [0.3, 0.4) is 0 Å². The van der Waals surface area contributed by atoms with Gasteiger partial charge >= 0.3 is 0 Å². The molecule has 1 aliphatic rings. The molecule has 30 heavy (non-hydrogen) atoms. The minimum absolute atomic E-state index is 0.0661. The monoisotopic (exact) mass is 399 g/mol. The molecule has 0 bridgehead atoms. The first kappa shape index (κ1) is 18.7. The van der Waals surface area contributed by atoms with Crippen molar-refractivity contribution < 1.29 is 9.21 Å². The molecule has 0 unspecified atom stereocenters. The summed E-state index contributed by atoms with van der Waals surface area (Å²) in [6.45, 7) is 8.43. The zero-order valence-corrected chi connectivity index (χ0v) is 17.6. The average molecular weight is 399 g/mol. The van der Waals surface area contributed by atoms with Crippen molar-refractivity contribution in [1.29, 1.82) is 0 Å². The molecule has 5 nitrogen and oxygen atoms in total. The van der Waals surface area contributed by atoms with Crippen molar-refractivity contribution in [2.24, 2.45) is 0 Å². The van der Waals surface area contributed by atoms with Crippen molar-refractivity contribution in [3.8, 4) is 0 Å². The van der Waals surface area contributed by atoms with Gasteiger partial charge in [0.2, 0.25) is 5.71 Å². The Morgan fingerprint density at radius 1 is 0.967 bits per heavy atom. The molecule has 1 atom stereocenters. The molecule has 1 fully saturated rings. The molecule has 0 saturated carbocycles. The smallest absolute Gasteiger partial charge is 0.289 e. The number of benzene rings is 2. The molecule has 0 spiro atoms. The quantitative estimate of drug-likeness (QED) is 0.479. The number of aromatic nitrogens is 1. The Morgan fingerprint density at radius 2 is 1.73 bits per heavy atom. The number of carbonyl (C=O) groups is 1. The number of hydrogen-bond acceptors (Lipinski definition) is 4. The molecule has 1 amide bonds. The Labute approximate surface area is 175 Å². The van der Waals surface area contributed by atoms with Gasteiger partial charge in [0.25, 0.3) is 5.91 Å². The molecule has 2 aromatic heterocycles. The molecule has 5 rings (SSSR count). The predicted molar refractivity (Wildman–Crippen MR) is 120 cm³/mol. The van der Waals surface area contributed by atoms with Gasteiger partial charge in [-0.05, 0) is 56.7 Å². The maximum atomic E-state index is 13.1. The number of carbonyl (C=O) groups excluding carboxylic acids is 1. The normalized spacial score (nSPS) is 17.1. The van der Waals surface area contributed by atoms with Crippen molar-refractivity contribution in [1.82, 2.24) is 9.88 Å². The number of pyridine rings is 1. The Bertz CT molecular complexity index is 1240. The summed E-state index contributed by atoms with van der Waals surface area (Å²) in [7, 11) is 0. The van der Waals surface area contributed by atoms with Crippen LogP contribution < -0.4 is 4.90 Å². The van der Waals surface area contributed by atoms with E-state index in [9.17, 15) is 4.79 Å². The lowest BCUT2D eigenvalue weighted by Gasteiger charge is -2.41. The largest absolute Gasteiger partial charge is 0.433 e. The van der Waals surface area contributed by atoms with Gasteiger partial charge in [-0.1, -0.05) is 29.8 Å². The first-order valence-electron chi connectivity index (χ1n) is 10.4. The van der Waals surface area contributed by atoms with Crippen molar-refractivity contribution in [2.75, 3.05) is 24.5 Å². The molecule has 3 heterocycles. The third-order valence-corrected chi connectivity index (χ3v) is 5.95. The third kappa shape index (κ3) is 3.30. The van der Waals surface area contributed by atoms with E-state index in [4.69, 9.17) is 4.42 Å². The minimum atomic E-state index is -0.0661. The highest BCUT2D eigenvalue weighted by Gasteiger charge is 2.29. The molecule has 1 aliphatic heterocycles. The highest BCUT2D eigenvalue weighted by Crippen LogP contribution is 2.26. The Balaban J connectivity index is 1.37. The van der Waals surface area contributed by atoms with E-state index in [1.54, 1.807) is 0 Å². The van der Waals surface area contributed by atoms with Crippen molar-refractivity contribution in [2.45, 2.75) is 26.8 Å². The standard InChI is InChI=1S/C25H25N3O2/c1-16-5-8-21(9-6-16)28-11-10-27(15-18(28)3)25(29)23-14-20-13-19-7-4-17(2)12-22(19)26-24(20)30-23/h4-9,12-14,18H,10-11,15H2,1-3H3/t18-/m0/s1. The van der Waals surface area contributed by atoms with Crippen LogP contribution in [-0.4, -0.2) is 41.5 Å². The molecule has 0 N–H and O–H groups in total. The fraction of sp³-hybridized carbons (Fsp3) is 0.280. The van der Waals surface area contributed by atoms with Crippen LogP contribution in [-0.2, 0) is 0 Å². The second kappa shape index (κ2) is 7.17. The summed E-state index contributed by atoms with van der Waals surface area (Å²) < 4.78 is 5.87. The number of anilines is 1. The SMILES string of the molecule is Cc1ccc(N2CCN(C(=O)c3cc4cc5ccc(C)cc5nc4o3)C[C@@H]2C)cc1. The van der Waals surface area contributed by atoms with Gasteiger partial charge in [0.05, 0.1) is 5.52 Å². The van der Waals surface area contributed by atoms with Gasteiger partial charge in [-0.25, -0.2) is 4.98 Å². The molecule has 4 aromatic rings. The average Bonchev–Trinajstić information content (AvgIpc) is 3.15. The highest BCUT2D eigenvalue weighted by molar-refractivity contribution is 5.98. The molecular formula is C25H25N3O2. The second-order valence-electron chi connectivity index (χ2n) is 8.32. The van der Waals surface area contributed by atoms with Crippen LogP contribution in [0.1, 0.15) is 28.6 Å². The van der Waals surface area contributed by atoms with Crippen LogP contribution in [0.5, 0.6) is 0 Å². The molecule has 1 saturated heterocycles. The topological polar surface area (TPSA) is 49.6 Å². The molecule has 152 valence electrons. The molecule has 5 heteroatoms. The molecule has 0 radical (unpaired) electrons. The molecular weight excluding hydrogens is 374 g/mol. The fourth-order valence-electron chi connectivity index (χ4n) is 4.26. The fourth-order valence-corrected chi connectivity index (χ4v) is 4.26. The second-order valence-corrected chi connectivity index (χ2v) is 8.32. The van der Waals surface area contributed by atoms with Crippen LogP contribution in [0, 0.1) is 13.8 Å². The van der Waals surface area contributed by atoms with Crippen molar-refractivity contribution in [3.63, 3.8) is 0 Å². The van der Waals surface area contributed by atoms with Crippen LogP contribution in [0.15, 0.2) is 59.0 Å². The van der Waals surface area contributed by atoms with Crippen molar-refractivity contribution in [3.05, 3.63) is 71.5 Å². The summed E-state index contributed by atoms with van der Waals surface area (Å²) in [6.07, 6.45) is 0. The van der Waals surface area contributed by atoms with Gasteiger partial charge in [-0.2, -0.15) is 0 Å². The van der Waals surface area contributed by atoms with Gasteiger partial charge in [0.15, 0.2) is 5.76 Å². The first-order valence-corrected chi connectivity index (χ1v) is 10.4. The summed E-state index contributed by atoms with van der Waals surface area (Å²) in [5, 5.41) is 1.91. The van der Waals surface area contributed by atoms with Gasteiger partial charge in [-0.15, -0.1) is 0 Å². The lowest BCUT2D eigenvalue weighted by atomic mass is 10.1. The zero-order chi connectivity index (χ0) is 20.8. The van der Waals surface area contributed by atoms with Gasteiger partial charge < -0.3 is 14.2 Å². The third-order valence-electron chi connectivity index (χ3n) is 5.95. The maximum absolute atomic E-state index is 13.1. The van der Waals surface area contributed by atoms with E-state index in [1.165, 1.54) is 11.3 Å². The van der Waals surface area contributed by atoms with Crippen LogP contribution >= 0.6 is 0 Å². The number of amides is 1. The van der Waals surface area contributed by atoms with Gasteiger partial charge in [0, 0.05) is 42.1 Å². The van der Waals surface area contributed by atoms with E-state index in [2.05, 4.69) is 60.1 Å². The van der Waals surface area contributed by atoms with E-state index >= 15 is 0 Å². The van der Waals surface area contributed by atoms with Crippen molar-refractivity contribution >= 4 is 33.6 Å². The van der Waals surface area contributed by atoms with E-state index in [1.807, 2.05) is 30.0 Å². The summed E-state index contributed by atoms with van der Waals surface area (Å²) >= 11 is 0. The number of furan rings is 1. The Morgan fingerprint density at radius 3 is 2.50 bits per heavy atom. The molecule has 0 aliphatic carbocycles. The number of rotatable bonds is 2. The zero-order valence-electron chi connectivity index (χ0n) is 17.6. The maximum Gasteiger partial charge on any atom is 0.289 e. The van der Waals surface area contributed by atoms with E-state index in [0.717, 1.165) is 28.4 Å². The summed E-state index contributed by atoms with van der Waals surface area (Å²) in [5.41, 5.74) is 5.01. The lowest BCUT2D eigenvalue weighted by molar-refractivity contribution is 0.0696. The predicted octanol–water partition coefficient (Wildman–Crippen LogP) is 4.95. The first-order chi connectivity index (χ1) is 14.5. The van der Waals surface area contributed by atoms with Gasteiger partial charge in [-0.3, -0.25) is 4.79 Å². The lowest BCUT2D eigenvalue weighted by Crippen LogP contribution is -2.53. The number of aryl methyl sites for hydroxylation is 2.